The Labute approximate surface area is 150 Å². The molecule has 1 aliphatic rings. The first-order chi connectivity index (χ1) is 12.7. The van der Waals surface area contributed by atoms with Crippen LogP contribution in [0.25, 0.3) is 22.6 Å². The molecule has 2 aromatic heterocycles. The van der Waals surface area contributed by atoms with Gasteiger partial charge in [-0.25, -0.2) is 9.67 Å². The van der Waals surface area contributed by atoms with Gasteiger partial charge in [-0.05, 0) is 25.9 Å². The van der Waals surface area contributed by atoms with Gasteiger partial charge in [-0.3, -0.25) is 4.79 Å². The Morgan fingerprint density at radius 2 is 1.88 bits per heavy atom. The van der Waals surface area contributed by atoms with E-state index in [1.807, 2.05) is 30.3 Å². The summed E-state index contributed by atoms with van der Waals surface area (Å²) < 4.78 is 1.52. The van der Waals surface area contributed by atoms with Crippen LogP contribution in [-0.2, 0) is 6.54 Å². The van der Waals surface area contributed by atoms with Crippen LogP contribution in [0.4, 0.5) is 0 Å². The summed E-state index contributed by atoms with van der Waals surface area (Å²) in [6, 6.07) is 9.44. The molecule has 0 bridgehead atoms. The van der Waals surface area contributed by atoms with Crippen molar-refractivity contribution in [3.63, 3.8) is 0 Å². The molecule has 1 aliphatic heterocycles. The Morgan fingerprint density at radius 3 is 2.65 bits per heavy atom. The van der Waals surface area contributed by atoms with E-state index in [1.54, 1.807) is 0 Å². The van der Waals surface area contributed by atoms with E-state index in [1.165, 1.54) is 23.9 Å². The molecule has 0 aliphatic carbocycles. The van der Waals surface area contributed by atoms with Crippen LogP contribution >= 0.6 is 0 Å². The summed E-state index contributed by atoms with van der Waals surface area (Å²) in [7, 11) is 0. The summed E-state index contributed by atoms with van der Waals surface area (Å²) in [4.78, 5) is 21.8. The Balaban J connectivity index is 1.59. The van der Waals surface area contributed by atoms with Crippen LogP contribution in [0.5, 0.6) is 0 Å². The predicted octanol–water partition coefficient (Wildman–Crippen LogP) is 1.03. The zero-order valence-electron chi connectivity index (χ0n) is 14.5. The SMILES string of the molecule is O=c1[nH]c(-c2ccccc2)nc2c1nnn2CC(O)CN1CCCCC1. The summed E-state index contributed by atoms with van der Waals surface area (Å²) in [6.07, 6.45) is 3.03. The number of rotatable bonds is 5. The van der Waals surface area contributed by atoms with Crippen LogP contribution in [0.1, 0.15) is 19.3 Å². The topological polar surface area (TPSA) is 99.9 Å². The maximum atomic E-state index is 12.3. The average Bonchev–Trinajstić information content (AvgIpc) is 3.06. The van der Waals surface area contributed by atoms with Crippen LogP contribution < -0.4 is 5.56 Å². The zero-order chi connectivity index (χ0) is 17.9. The van der Waals surface area contributed by atoms with Gasteiger partial charge in [0.1, 0.15) is 5.82 Å². The lowest BCUT2D eigenvalue weighted by atomic mass is 10.1. The quantitative estimate of drug-likeness (QED) is 0.710. The lowest BCUT2D eigenvalue weighted by molar-refractivity contribution is 0.0860. The number of aliphatic hydroxyl groups is 1. The summed E-state index contributed by atoms with van der Waals surface area (Å²) in [5.41, 5.74) is 1.07. The van der Waals surface area contributed by atoms with E-state index in [-0.39, 0.29) is 17.6 Å². The van der Waals surface area contributed by atoms with Crippen molar-refractivity contribution in [2.45, 2.75) is 31.9 Å². The highest BCUT2D eigenvalue weighted by Gasteiger charge is 2.18. The molecule has 1 atom stereocenters. The lowest BCUT2D eigenvalue weighted by Gasteiger charge is -2.28. The highest BCUT2D eigenvalue weighted by atomic mass is 16.3. The van der Waals surface area contributed by atoms with Gasteiger partial charge in [0, 0.05) is 12.1 Å². The molecule has 3 aromatic rings. The minimum Gasteiger partial charge on any atom is -0.390 e. The van der Waals surface area contributed by atoms with Gasteiger partial charge in [0.15, 0.2) is 11.2 Å². The maximum Gasteiger partial charge on any atom is 0.281 e. The highest BCUT2D eigenvalue weighted by Crippen LogP contribution is 2.15. The monoisotopic (exact) mass is 354 g/mol. The average molecular weight is 354 g/mol. The van der Waals surface area contributed by atoms with E-state index in [4.69, 9.17) is 0 Å². The Morgan fingerprint density at radius 1 is 1.12 bits per heavy atom. The van der Waals surface area contributed by atoms with E-state index in [2.05, 4.69) is 25.2 Å². The third-order valence-corrected chi connectivity index (χ3v) is 4.72. The van der Waals surface area contributed by atoms with Crippen molar-refractivity contribution in [1.29, 1.82) is 0 Å². The van der Waals surface area contributed by atoms with Gasteiger partial charge in [-0.1, -0.05) is 42.0 Å². The van der Waals surface area contributed by atoms with E-state index in [0.717, 1.165) is 18.7 Å². The number of nitrogens with one attached hydrogen (secondary N) is 1. The van der Waals surface area contributed by atoms with Crippen molar-refractivity contribution in [1.82, 2.24) is 29.9 Å². The Bertz CT molecular complexity index is 930. The number of fused-ring (bicyclic) bond motifs is 1. The van der Waals surface area contributed by atoms with Gasteiger partial charge in [-0.2, -0.15) is 0 Å². The number of benzene rings is 1. The van der Waals surface area contributed by atoms with Gasteiger partial charge in [0.25, 0.3) is 5.56 Å². The van der Waals surface area contributed by atoms with Crippen LogP contribution in [0.2, 0.25) is 0 Å². The van der Waals surface area contributed by atoms with Crippen LogP contribution in [0.15, 0.2) is 35.1 Å². The molecule has 0 spiro atoms. The molecule has 8 heteroatoms. The van der Waals surface area contributed by atoms with E-state index >= 15 is 0 Å². The number of aromatic amines is 1. The second kappa shape index (κ2) is 7.35. The minimum atomic E-state index is -0.584. The number of hydrogen-bond donors (Lipinski definition) is 2. The van der Waals surface area contributed by atoms with Crippen molar-refractivity contribution in [3.8, 4) is 11.4 Å². The van der Waals surface area contributed by atoms with Crippen molar-refractivity contribution < 1.29 is 5.11 Å². The van der Waals surface area contributed by atoms with Gasteiger partial charge in [0.05, 0.1) is 12.6 Å². The summed E-state index contributed by atoms with van der Waals surface area (Å²) in [5.74, 6) is 0.470. The lowest BCUT2D eigenvalue weighted by Crippen LogP contribution is -2.38. The number of likely N-dealkylation sites (tertiary alicyclic amines) is 1. The van der Waals surface area contributed by atoms with Crippen LogP contribution in [-0.4, -0.2) is 60.7 Å². The molecule has 0 radical (unpaired) electrons. The zero-order valence-corrected chi connectivity index (χ0v) is 14.5. The van der Waals surface area contributed by atoms with Crippen molar-refractivity contribution in [2.24, 2.45) is 0 Å². The summed E-state index contributed by atoms with van der Waals surface area (Å²) in [6.45, 7) is 2.89. The fourth-order valence-electron chi connectivity index (χ4n) is 3.42. The van der Waals surface area contributed by atoms with Crippen molar-refractivity contribution >= 4 is 11.2 Å². The number of β-amino-alcohol motifs (C(OH)–C–C–N with tert-alkyl or cyclic N) is 1. The Hall–Kier alpha value is -2.58. The molecule has 26 heavy (non-hydrogen) atoms. The molecule has 8 nitrogen and oxygen atoms in total. The first-order valence-electron chi connectivity index (χ1n) is 9.00. The molecule has 3 heterocycles. The van der Waals surface area contributed by atoms with Crippen molar-refractivity contribution in [2.75, 3.05) is 19.6 Å². The largest absolute Gasteiger partial charge is 0.390 e. The first-order valence-corrected chi connectivity index (χ1v) is 9.00. The predicted molar refractivity (Wildman–Crippen MR) is 97.7 cm³/mol. The number of piperidine rings is 1. The molecule has 136 valence electrons. The molecule has 0 amide bonds. The smallest absolute Gasteiger partial charge is 0.281 e. The van der Waals surface area contributed by atoms with Gasteiger partial charge in [0.2, 0.25) is 0 Å². The fraction of sp³-hybridized carbons (Fsp3) is 0.444. The maximum absolute atomic E-state index is 12.3. The van der Waals surface area contributed by atoms with Gasteiger partial charge >= 0.3 is 0 Å². The third kappa shape index (κ3) is 3.51. The number of aromatic nitrogens is 5. The van der Waals surface area contributed by atoms with Crippen LogP contribution in [0.3, 0.4) is 0 Å². The minimum absolute atomic E-state index is 0.190. The molecule has 2 N–H and O–H groups in total. The molecular formula is C18H22N6O2. The van der Waals surface area contributed by atoms with E-state index in [0.29, 0.717) is 18.0 Å². The fourth-order valence-corrected chi connectivity index (χ4v) is 3.42. The van der Waals surface area contributed by atoms with E-state index < -0.39 is 6.10 Å². The Kier molecular flexibility index (Phi) is 4.77. The molecular weight excluding hydrogens is 332 g/mol. The van der Waals surface area contributed by atoms with Crippen molar-refractivity contribution in [3.05, 3.63) is 40.7 Å². The second-order valence-corrected chi connectivity index (χ2v) is 6.74. The number of H-pyrrole nitrogens is 1. The van der Waals surface area contributed by atoms with Crippen LogP contribution in [0, 0.1) is 0 Å². The molecule has 0 saturated carbocycles. The number of aliphatic hydroxyl groups excluding tert-OH is 1. The molecule has 1 aromatic carbocycles. The summed E-state index contributed by atoms with van der Waals surface area (Å²) >= 11 is 0. The standard InChI is InChI=1S/C18H22N6O2/c25-14(11-23-9-5-2-6-10-23)12-24-17-15(21-22-24)18(26)20-16(19-17)13-7-3-1-4-8-13/h1,3-4,7-8,14,25H,2,5-6,9-12H2,(H,19,20,26). The molecule has 1 saturated heterocycles. The second-order valence-electron chi connectivity index (χ2n) is 6.74. The number of hydrogen-bond acceptors (Lipinski definition) is 6. The van der Waals surface area contributed by atoms with Gasteiger partial charge < -0.3 is 15.0 Å². The van der Waals surface area contributed by atoms with Gasteiger partial charge in [-0.15, -0.1) is 5.10 Å². The molecule has 4 rings (SSSR count). The normalized spacial score (nSPS) is 16.8. The highest BCUT2D eigenvalue weighted by molar-refractivity contribution is 5.71. The molecule has 1 unspecified atom stereocenters. The number of nitrogens with zero attached hydrogens (tertiary/aromatic N) is 5. The summed E-state index contributed by atoms with van der Waals surface area (Å²) in [5, 5.41) is 18.4. The third-order valence-electron chi connectivity index (χ3n) is 4.72. The first kappa shape index (κ1) is 16.9. The van der Waals surface area contributed by atoms with E-state index in [9.17, 15) is 9.90 Å². The molecule has 1 fully saturated rings.